The molecule has 29 heavy (non-hydrogen) atoms. The van der Waals surface area contributed by atoms with Crippen molar-refractivity contribution in [2.45, 2.75) is 24.9 Å². The molecule has 2 saturated heterocycles. The van der Waals surface area contributed by atoms with E-state index in [1.165, 1.54) is 12.1 Å². The number of fused-ring (bicyclic) bond motifs is 2. The number of carbonyl (C=O) groups is 4. The average molecular weight is 400 g/mol. The van der Waals surface area contributed by atoms with Gasteiger partial charge in [0, 0.05) is 25.6 Å². The summed E-state index contributed by atoms with van der Waals surface area (Å²) in [7, 11) is 4.04. The Hall–Kier alpha value is -2.81. The van der Waals surface area contributed by atoms with Crippen LogP contribution < -0.4 is 10.2 Å². The predicted octanol–water partition coefficient (Wildman–Crippen LogP) is 0.223. The zero-order valence-corrected chi connectivity index (χ0v) is 16.1. The van der Waals surface area contributed by atoms with Gasteiger partial charge in [-0.1, -0.05) is 0 Å². The zero-order chi connectivity index (χ0) is 20.6. The van der Waals surface area contributed by atoms with Gasteiger partial charge < -0.3 is 9.80 Å². The quantitative estimate of drug-likeness (QED) is 0.731. The van der Waals surface area contributed by atoms with E-state index in [1.54, 1.807) is 0 Å². The summed E-state index contributed by atoms with van der Waals surface area (Å²) in [5, 5.41) is 2.17. The van der Waals surface area contributed by atoms with Crippen LogP contribution in [0.4, 0.5) is 10.1 Å². The smallest absolute Gasteiger partial charge is 0.264 e. The molecule has 152 valence electrons. The van der Waals surface area contributed by atoms with Crippen LogP contribution >= 0.6 is 0 Å². The summed E-state index contributed by atoms with van der Waals surface area (Å²) in [6, 6.07) is 1.92. The van der Waals surface area contributed by atoms with E-state index in [1.807, 2.05) is 19.0 Å². The number of anilines is 1. The molecule has 4 amide bonds. The largest absolute Gasteiger partial charge is 0.368 e. The number of halogens is 1. The van der Waals surface area contributed by atoms with E-state index in [-0.39, 0.29) is 29.7 Å². The van der Waals surface area contributed by atoms with E-state index in [0.717, 1.165) is 4.90 Å². The lowest BCUT2D eigenvalue weighted by Gasteiger charge is -2.28. The molecular weight excluding hydrogens is 379 g/mol. The summed E-state index contributed by atoms with van der Waals surface area (Å²) in [6.45, 7) is 1.25. The number of hydrogen-bond acceptors (Lipinski definition) is 6. The first-order chi connectivity index (χ1) is 13.8. The molecule has 4 aliphatic rings. The molecule has 3 heterocycles. The van der Waals surface area contributed by atoms with E-state index in [2.05, 4.69) is 10.2 Å². The van der Waals surface area contributed by atoms with Gasteiger partial charge in [-0.3, -0.25) is 29.4 Å². The first-order valence-corrected chi connectivity index (χ1v) is 9.75. The summed E-state index contributed by atoms with van der Waals surface area (Å²) in [6.07, 6.45) is 0.124. The van der Waals surface area contributed by atoms with Crippen LogP contribution in [0, 0.1) is 17.7 Å². The van der Waals surface area contributed by atoms with Crippen LogP contribution in [0.5, 0.6) is 0 Å². The number of carbonyl (C=O) groups excluding carboxylic acids is 4. The Balaban J connectivity index is 1.47. The van der Waals surface area contributed by atoms with Gasteiger partial charge in [0.1, 0.15) is 11.9 Å². The van der Waals surface area contributed by atoms with Gasteiger partial charge in [-0.25, -0.2) is 4.39 Å². The van der Waals surface area contributed by atoms with Gasteiger partial charge in [0.25, 0.3) is 11.8 Å². The molecule has 1 aromatic rings. The van der Waals surface area contributed by atoms with Crippen LogP contribution in [0.25, 0.3) is 0 Å². The van der Waals surface area contributed by atoms with Gasteiger partial charge in [0.2, 0.25) is 11.8 Å². The van der Waals surface area contributed by atoms with Gasteiger partial charge in [0.05, 0.1) is 16.8 Å². The number of amides is 4. The second-order valence-electron chi connectivity index (χ2n) is 8.45. The van der Waals surface area contributed by atoms with E-state index in [0.29, 0.717) is 31.0 Å². The second kappa shape index (κ2) is 6.09. The highest BCUT2D eigenvalue weighted by Crippen LogP contribution is 2.50. The van der Waals surface area contributed by atoms with Crippen molar-refractivity contribution in [3.05, 3.63) is 29.1 Å². The van der Waals surface area contributed by atoms with Crippen LogP contribution in [0.2, 0.25) is 0 Å². The van der Waals surface area contributed by atoms with E-state index in [9.17, 15) is 23.6 Å². The minimum Gasteiger partial charge on any atom is -0.368 e. The monoisotopic (exact) mass is 400 g/mol. The maximum absolute atomic E-state index is 14.8. The molecule has 3 aliphatic heterocycles. The lowest BCUT2D eigenvalue weighted by Crippen LogP contribution is -2.54. The van der Waals surface area contributed by atoms with Crippen LogP contribution in [-0.4, -0.2) is 72.7 Å². The fraction of sp³-hybridized carbons (Fsp3) is 0.500. The summed E-state index contributed by atoms with van der Waals surface area (Å²) < 4.78 is 14.8. The summed E-state index contributed by atoms with van der Waals surface area (Å²) >= 11 is 0. The van der Waals surface area contributed by atoms with Crippen molar-refractivity contribution in [2.24, 2.45) is 11.8 Å². The number of hydrogen-bond donors (Lipinski definition) is 1. The SMILES string of the molecule is CN(C)C1[C@H]2CN(c3c(F)ccc4c3C(=O)N(C3CCC(=O)NC3=O)C4=O)C[C@@H]12. The molecular formula is C20H21FN4O4. The lowest BCUT2D eigenvalue weighted by atomic mass is 10.0. The Morgan fingerprint density at radius 3 is 2.38 bits per heavy atom. The Kier molecular flexibility index (Phi) is 3.83. The third-order valence-corrected chi connectivity index (χ3v) is 6.59. The third-order valence-electron chi connectivity index (χ3n) is 6.59. The molecule has 1 N–H and O–H groups in total. The normalized spacial score (nSPS) is 30.8. The number of benzene rings is 1. The fourth-order valence-electron chi connectivity index (χ4n) is 5.27. The van der Waals surface area contributed by atoms with Crippen molar-refractivity contribution in [3.8, 4) is 0 Å². The molecule has 1 aromatic carbocycles. The van der Waals surface area contributed by atoms with Gasteiger partial charge in [-0.2, -0.15) is 0 Å². The maximum atomic E-state index is 14.8. The second-order valence-corrected chi connectivity index (χ2v) is 8.45. The zero-order valence-electron chi connectivity index (χ0n) is 16.1. The molecule has 3 fully saturated rings. The van der Waals surface area contributed by atoms with Crippen molar-refractivity contribution in [3.63, 3.8) is 0 Å². The minimum absolute atomic E-state index is 0.0300. The van der Waals surface area contributed by atoms with Crippen LogP contribution in [0.15, 0.2) is 12.1 Å². The summed E-state index contributed by atoms with van der Waals surface area (Å²) in [5.41, 5.74) is 0.295. The van der Waals surface area contributed by atoms with E-state index >= 15 is 0 Å². The number of nitrogens with zero attached hydrogens (tertiary/aromatic N) is 3. The van der Waals surface area contributed by atoms with Crippen LogP contribution in [0.3, 0.4) is 0 Å². The highest BCUT2D eigenvalue weighted by Gasteiger charge is 2.58. The first-order valence-electron chi connectivity index (χ1n) is 9.75. The Labute approximate surface area is 166 Å². The van der Waals surface area contributed by atoms with Gasteiger partial charge >= 0.3 is 0 Å². The van der Waals surface area contributed by atoms with Gasteiger partial charge in [0.15, 0.2) is 0 Å². The molecule has 1 saturated carbocycles. The van der Waals surface area contributed by atoms with Crippen molar-refractivity contribution >= 4 is 29.3 Å². The summed E-state index contributed by atoms with van der Waals surface area (Å²) in [5.74, 6) is -2.10. The maximum Gasteiger partial charge on any atom is 0.264 e. The molecule has 8 nitrogen and oxygen atoms in total. The molecule has 9 heteroatoms. The number of imide groups is 2. The van der Waals surface area contributed by atoms with E-state index < -0.39 is 35.5 Å². The molecule has 4 atom stereocenters. The molecule has 0 radical (unpaired) electrons. The van der Waals surface area contributed by atoms with Crippen molar-refractivity contribution in [1.82, 2.24) is 15.1 Å². The van der Waals surface area contributed by atoms with Crippen LogP contribution in [-0.2, 0) is 9.59 Å². The standard InChI is InChI=1S/C20H21FN4O4/c1-23(2)16-10-7-24(8-11(10)16)17-12(21)4-3-9-15(17)20(29)25(19(9)28)13-5-6-14(26)22-18(13)27/h3-4,10-11,13,16H,5-8H2,1-2H3,(H,22,26,27)/t10-,11+,13?,16?. The van der Waals surface area contributed by atoms with Gasteiger partial charge in [-0.15, -0.1) is 0 Å². The number of piperidine rings is 2. The molecule has 0 aromatic heterocycles. The molecule has 0 spiro atoms. The molecule has 2 unspecified atom stereocenters. The van der Waals surface area contributed by atoms with Crippen molar-refractivity contribution < 1.29 is 23.6 Å². The highest BCUT2D eigenvalue weighted by atomic mass is 19.1. The summed E-state index contributed by atoms with van der Waals surface area (Å²) in [4.78, 5) is 54.6. The topological polar surface area (TPSA) is 90.0 Å². The third kappa shape index (κ3) is 2.53. The minimum atomic E-state index is -1.05. The lowest BCUT2D eigenvalue weighted by molar-refractivity contribution is -0.136. The Morgan fingerprint density at radius 2 is 1.76 bits per heavy atom. The number of nitrogens with one attached hydrogen (secondary N) is 1. The number of rotatable bonds is 3. The Morgan fingerprint density at radius 1 is 1.07 bits per heavy atom. The Bertz CT molecular complexity index is 965. The highest BCUT2D eigenvalue weighted by molar-refractivity contribution is 6.25. The molecule has 1 aliphatic carbocycles. The van der Waals surface area contributed by atoms with Gasteiger partial charge in [-0.05, 0) is 44.5 Å². The fourth-order valence-corrected chi connectivity index (χ4v) is 5.27. The van der Waals surface area contributed by atoms with E-state index in [4.69, 9.17) is 0 Å². The van der Waals surface area contributed by atoms with Crippen LogP contribution in [0.1, 0.15) is 33.6 Å². The van der Waals surface area contributed by atoms with Crippen molar-refractivity contribution in [1.29, 1.82) is 0 Å². The average Bonchev–Trinajstić information content (AvgIpc) is 3.07. The van der Waals surface area contributed by atoms with Crippen molar-refractivity contribution in [2.75, 3.05) is 32.1 Å². The first kappa shape index (κ1) is 18.2. The molecule has 0 bridgehead atoms. The predicted molar refractivity (Wildman–Crippen MR) is 99.7 cm³/mol. The molecule has 5 rings (SSSR count).